The fourth-order valence-electron chi connectivity index (χ4n) is 2.73. The van der Waals surface area contributed by atoms with Gasteiger partial charge in [-0.1, -0.05) is 18.2 Å². The van der Waals surface area contributed by atoms with Gasteiger partial charge in [0.15, 0.2) is 6.61 Å². The van der Waals surface area contributed by atoms with E-state index in [1.54, 1.807) is 36.7 Å². The van der Waals surface area contributed by atoms with Gasteiger partial charge in [-0.15, -0.1) is 24.8 Å². The summed E-state index contributed by atoms with van der Waals surface area (Å²) in [5.74, 6) is -1.39. The molecular formula is C20H21Cl2N3O4. The molecule has 0 saturated carbocycles. The standard InChI is InChI=1S/C20H19N3O4.2ClH/c21-10-18(13-2-5-17(6-3-13)27-12-19(24)25)20(26)23-16-4-1-15-11-22-8-7-14(15)9-16;;/h1-9,11,18H,10,12,21H2,(H,23,26)(H,24,25);2*1H. The topological polar surface area (TPSA) is 115 Å². The summed E-state index contributed by atoms with van der Waals surface area (Å²) in [7, 11) is 0. The first-order valence-corrected chi connectivity index (χ1v) is 8.36. The molecule has 0 fully saturated rings. The van der Waals surface area contributed by atoms with Crippen LogP contribution in [0.15, 0.2) is 60.9 Å². The molecule has 0 aliphatic carbocycles. The van der Waals surface area contributed by atoms with Crippen molar-refractivity contribution < 1.29 is 19.4 Å². The molecule has 1 atom stereocenters. The quantitative estimate of drug-likeness (QED) is 0.522. The number of carboxylic acids is 1. The smallest absolute Gasteiger partial charge is 0.341 e. The van der Waals surface area contributed by atoms with Crippen molar-refractivity contribution in [2.75, 3.05) is 18.5 Å². The maximum atomic E-state index is 12.7. The van der Waals surface area contributed by atoms with Crippen LogP contribution in [-0.2, 0) is 9.59 Å². The maximum Gasteiger partial charge on any atom is 0.341 e. The molecule has 0 radical (unpaired) electrons. The van der Waals surface area contributed by atoms with Crippen LogP contribution in [0.2, 0.25) is 0 Å². The lowest BCUT2D eigenvalue weighted by Crippen LogP contribution is -2.27. The van der Waals surface area contributed by atoms with Crippen LogP contribution in [0, 0.1) is 0 Å². The molecule has 4 N–H and O–H groups in total. The minimum atomic E-state index is -1.05. The predicted molar refractivity (Wildman–Crippen MR) is 116 cm³/mol. The highest BCUT2D eigenvalue weighted by molar-refractivity contribution is 5.98. The third-order valence-corrected chi connectivity index (χ3v) is 4.11. The number of amides is 1. The largest absolute Gasteiger partial charge is 0.482 e. The molecule has 29 heavy (non-hydrogen) atoms. The second-order valence-electron chi connectivity index (χ2n) is 5.97. The number of hydrogen-bond acceptors (Lipinski definition) is 5. The Bertz CT molecular complexity index is 967. The van der Waals surface area contributed by atoms with Gasteiger partial charge in [0.05, 0.1) is 5.92 Å². The SMILES string of the molecule is Cl.Cl.NCC(C(=O)Nc1ccc2cnccc2c1)c1ccc(OCC(=O)O)cc1. The van der Waals surface area contributed by atoms with Crippen LogP contribution in [0.1, 0.15) is 11.5 Å². The average molecular weight is 438 g/mol. The van der Waals surface area contributed by atoms with Gasteiger partial charge in [0, 0.05) is 30.0 Å². The summed E-state index contributed by atoms with van der Waals surface area (Å²) in [4.78, 5) is 27.3. The molecule has 0 bridgehead atoms. The lowest BCUT2D eigenvalue weighted by atomic mass is 9.98. The molecule has 1 aromatic heterocycles. The van der Waals surface area contributed by atoms with Gasteiger partial charge in [0.2, 0.25) is 5.91 Å². The molecule has 1 unspecified atom stereocenters. The van der Waals surface area contributed by atoms with Crippen molar-refractivity contribution in [2.45, 2.75) is 5.92 Å². The van der Waals surface area contributed by atoms with Crippen molar-refractivity contribution in [3.63, 3.8) is 0 Å². The average Bonchev–Trinajstić information content (AvgIpc) is 2.68. The van der Waals surface area contributed by atoms with E-state index < -0.39 is 18.5 Å². The second kappa shape index (κ2) is 11.2. The zero-order valence-corrected chi connectivity index (χ0v) is 16.9. The molecule has 2 aromatic carbocycles. The van der Waals surface area contributed by atoms with Crippen LogP contribution in [0.5, 0.6) is 5.75 Å². The third kappa shape index (κ3) is 6.32. The van der Waals surface area contributed by atoms with E-state index in [-0.39, 0.29) is 37.3 Å². The van der Waals surface area contributed by atoms with Crippen LogP contribution in [0.25, 0.3) is 10.8 Å². The number of nitrogens with two attached hydrogens (primary N) is 1. The van der Waals surface area contributed by atoms with Crippen molar-refractivity contribution in [3.8, 4) is 5.75 Å². The number of hydrogen-bond donors (Lipinski definition) is 3. The van der Waals surface area contributed by atoms with Gasteiger partial charge < -0.3 is 20.9 Å². The van der Waals surface area contributed by atoms with E-state index in [1.807, 2.05) is 24.3 Å². The molecule has 1 amide bonds. The number of ether oxygens (including phenoxy) is 1. The molecule has 1 heterocycles. The van der Waals surface area contributed by atoms with Crippen LogP contribution in [-0.4, -0.2) is 35.1 Å². The van der Waals surface area contributed by atoms with Gasteiger partial charge >= 0.3 is 5.97 Å². The maximum absolute atomic E-state index is 12.7. The highest BCUT2D eigenvalue weighted by Gasteiger charge is 2.19. The fraction of sp³-hybridized carbons (Fsp3) is 0.150. The molecule has 0 aliphatic rings. The molecular weight excluding hydrogens is 417 g/mol. The van der Waals surface area contributed by atoms with Crippen molar-refractivity contribution in [2.24, 2.45) is 5.73 Å². The summed E-state index contributed by atoms with van der Waals surface area (Å²) in [5, 5.41) is 13.5. The van der Waals surface area contributed by atoms with Gasteiger partial charge in [-0.2, -0.15) is 0 Å². The Morgan fingerprint density at radius 1 is 1.07 bits per heavy atom. The van der Waals surface area contributed by atoms with E-state index in [9.17, 15) is 9.59 Å². The van der Waals surface area contributed by atoms with Crippen molar-refractivity contribution in [1.29, 1.82) is 0 Å². The minimum absolute atomic E-state index is 0. The number of aromatic nitrogens is 1. The number of carboxylic acid groups (broad SMARTS) is 1. The first kappa shape index (κ1) is 24.2. The van der Waals surface area contributed by atoms with E-state index in [0.29, 0.717) is 11.4 Å². The van der Waals surface area contributed by atoms with Crippen molar-refractivity contribution >= 4 is 53.2 Å². The Kier molecular flexibility index (Phi) is 9.34. The van der Waals surface area contributed by atoms with E-state index in [4.69, 9.17) is 15.6 Å². The molecule has 0 spiro atoms. The van der Waals surface area contributed by atoms with E-state index in [1.165, 1.54) is 0 Å². The number of halogens is 2. The number of rotatable bonds is 7. The number of anilines is 1. The van der Waals surface area contributed by atoms with Crippen molar-refractivity contribution in [1.82, 2.24) is 4.98 Å². The number of nitrogens with zero attached hydrogens (tertiary/aromatic N) is 1. The number of pyridine rings is 1. The normalized spacial score (nSPS) is 10.9. The zero-order chi connectivity index (χ0) is 19.2. The second-order valence-corrected chi connectivity index (χ2v) is 5.97. The number of carbonyl (C=O) groups is 2. The lowest BCUT2D eigenvalue weighted by Gasteiger charge is -2.16. The summed E-state index contributed by atoms with van der Waals surface area (Å²) < 4.78 is 5.10. The lowest BCUT2D eigenvalue weighted by molar-refractivity contribution is -0.139. The summed E-state index contributed by atoms with van der Waals surface area (Å²) in [5.41, 5.74) is 7.21. The Hall–Kier alpha value is -2.87. The van der Waals surface area contributed by atoms with Crippen LogP contribution in [0.3, 0.4) is 0 Å². The van der Waals surface area contributed by atoms with E-state index >= 15 is 0 Å². The number of benzene rings is 2. The van der Waals surface area contributed by atoms with Gasteiger partial charge in [0.1, 0.15) is 5.75 Å². The van der Waals surface area contributed by atoms with Gasteiger partial charge in [0.25, 0.3) is 0 Å². The molecule has 0 saturated heterocycles. The number of aliphatic carboxylic acids is 1. The van der Waals surface area contributed by atoms with Gasteiger partial charge in [-0.3, -0.25) is 9.78 Å². The number of carbonyl (C=O) groups excluding carboxylic acids is 1. The minimum Gasteiger partial charge on any atom is -0.482 e. The summed E-state index contributed by atoms with van der Waals surface area (Å²) in [6, 6.07) is 14.1. The monoisotopic (exact) mass is 437 g/mol. The highest BCUT2D eigenvalue weighted by Crippen LogP contribution is 2.23. The summed E-state index contributed by atoms with van der Waals surface area (Å²) in [6.07, 6.45) is 3.46. The molecule has 3 rings (SSSR count). The fourth-order valence-corrected chi connectivity index (χ4v) is 2.73. The van der Waals surface area contributed by atoms with Crippen LogP contribution >= 0.6 is 24.8 Å². The Morgan fingerprint density at radius 2 is 1.79 bits per heavy atom. The van der Waals surface area contributed by atoms with Gasteiger partial charge in [-0.05, 0) is 41.3 Å². The van der Waals surface area contributed by atoms with Gasteiger partial charge in [-0.25, -0.2) is 4.79 Å². The molecule has 9 heteroatoms. The van der Waals surface area contributed by atoms with Crippen LogP contribution < -0.4 is 15.8 Å². The third-order valence-electron chi connectivity index (χ3n) is 4.11. The number of fused-ring (bicyclic) bond motifs is 1. The Labute approximate surface area is 180 Å². The van der Waals surface area contributed by atoms with E-state index in [0.717, 1.165) is 16.3 Å². The Morgan fingerprint density at radius 3 is 2.45 bits per heavy atom. The van der Waals surface area contributed by atoms with Crippen molar-refractivity contribution in [3.05, 3.63) is 66.5 Å². The summed E-state index contributed by atoms with van der Waals surface area (Å²) >= 11 is 0. The predicted octanol–water partition coefficient (Wildman–Crippen LogP) is 3.22. The molecule has 154 valence electrons. The number of nitrogens with one attached hydrogen (secondary N) is 1. The van der Waals surface area contributed by atoms with Crippen LogP contribution in [0.4, 0.5) is 5.69 Å². The first-order valence-electron chi connectivity index (χ1n) is 8.36. The zero-order valence-electron chi connectivity index (χ0n) is 15.3. The molecule has 7 nitrogen and oxygen atoms in total. The summed E-state index contributed by atoms with van der Waals surface area (Å²) in [6.45, 7) is -0.281. The molecule has 0 aliphatic heterocycles. The molecule has 3 aromatic rings. The first-order chi connectivity index (χ1) is 13.1. The van der Waals surface area contributed by atoms with E-state index in [2.05, 4.69) is 10.3 Å². The highest BCUT2D eigenvalue weighted by atomic mass is 35.5. The Balaban J connectivity index is 0.00000210.